The van der Waals surface area contributed by atoms with Gasteiger partial charge in [-0.15, -0.1) is 0 Å². The normalized spacial score (nSPS) is 16.4. The molecule has 0 N–H and O–H groups in total. The third kappa shape index (κ3) is 6.22. The van der Waals surface area contributed by atoms with Crippen LogP contribution in [0, 0.1) is 6.92 Å². The van der Waals surface area contributed by atoms with Crippen LogP contribution in [-0.2, 0) is 17.1 Å². The number of carbonyl (C=O) groups excluding carboxylic acids is 2. The van der Waals surface area contributed by atoms with E-state index in [0.29, 0.717) is 43.9 Å². The number of benzene rings is 2. The van der Waals surface area contributed by atoms with Gasteiger partial charge in [0.05, 0.1) is 23.4 Å². The number of amides is 2. The smallest absolute Gasteiger partial charge is 0.416 e. The Morgan fingerprint density at radius 3 is 2.09 bits per heavy atom. The molecule has 1 aromatic heterocycles. The predicted molar refractivity (Wildman–Crippen MR) is 145 cm³/mol. The van der Waals surface area contributed by atoms with Gasteiger partial charge in [0.15, 0.2) is 0 Å². The molecule has 3 heterocycles. The molecule has 3 aromatic rings. The number of aryl methyl sites for hydroxylation is 1. The lowest BCUT2D eigenvalue weighted by Gasteiger charge is -2.35. The topological polar surface area (TPSA) is 78.9 Å². The SMILES string of the molecule is CC(=O)N1CCN(c2nc3c(c(-c4ccccc4C)n2)C(=O)N(c2cc(C(F)(F)F)cc(C(F)(F)F)c2)CCCO3)CC1. The second-order valence-electron chi connectivity index (χ2n) is 10.3. The third-order valence-electron chi connectivity index (χ3n) is 7.38. The van der Waals surface area contributed by atoms with Crippen molar-refractivity contribution < 1.29 is 40.7 Å². The minimum atomic E-state index is -5.08. The molecule has 1 saturated heterocycles. The lowest BCUT2D eigenvalue weighted by atomic mass is 10.00. The van der Waals surface area contributed by atoms with Crippen molar-refractivity contribution in [1.29, 1.82) is 0 Å². The third-order valence-corrected chi connectivity index (χ3v) is 7.38. The van der Waals surface area contributed by atoms with Gasteiger partial charge in [0.25, 0.3) is 5.91 Å². The second kappa shape index (κ2) is 11.4. The van der Waals surface area contributed by atoms with Gasteiger partial charge < -0.3 is 19.4 Å². The van der Waals surface area contributed by atoms with Crippen LogP contribution in [0.1, 0.15) is 40.4 Å². The van der Waals surface area contributed by atoms with Crippen molar-refractivity contribution in [1.82, 2.24) is 14.9 Å². The van der Waals surface area contributed by atoms with E-state index < -0.39 is 35.1 Å². The monoisotopic (exact) mass is 607 g/mol. The standard InChI is InChI=1S/C29H27F6N5O3/c1-17-6-3-4-7-22(17)24-23-25(37-27(36-24)39-11-9-38(10-12-39)18(2)41)43-13-5-8-40(26(23)42)21-15-19(28(30,31)32)14-20(16-21)29(33,34)35/h3-4,6-7,14-16H,5,8-13H2,1-2H3. The highest BCUT2D eigenvalue weighted by Crippen LogP contribution is 2.40. The fourth-order valence-electron chi connectivity index (χ4n) is 5.09. The first kappa shape index (κ1) is 30.1. The average Bonchev–Trinajstić information content (AvgIpc) is 2.94. The van der Waals surface area contributed by atoms with Crippen LogP contribution >= 0.6 is 0 Å². The van der Waals surface area contributed by atoms with Crippen LogP contribution < -0.4 is 14.5 Å². The highest BCUT2D eigenvalue weighted by molar-refractivity contribution is 6.11. The number of aromatic nitrogens is 2. The largest absolute Gasteiger partial charge is 0.477 e. The molecule has 0 spiro atoms. The zero-order chi connectivity index (χ0) is 31.1. The van der Waals surface area contributed by atoms with Gasteiger partial charge in [-0.2, -0.15) is 31.3 Å². The van der Waals surface area contributed by atoms with Gasteiger partial charge in [-0.3, -0.25) is 9.59 Å². The molecule has 0 aliphatic carbocycles. The summed E-state index contributed by atoms with van der Waals surface area (Å²) >= 11 is 0. The Bertz CT molecular complexity index is 1520. The predicted octanol–water partition coefficient (Wildman–Crippen LogP) is 5.59. The number of nitrogens with zero attached hydrogens (tertiary/aromatic N) is 5. The highest BCUT2D eigenvalue weighted by Gasteiger charge is 2.39. The minimum Gasteiger partial charge on any atom is -0.477 e. The number of ether oxygens (including phenoxy) is 1. The maximum absolute atomic E-state index is 14.2. The number of hydrogen-bond donors (Lipinski definition) is 0. The average molecular weight is 608 g/mol. The zero-order valence-electron chi connectivity index (χ0n) is 23.2. The summed E-state index contributed by atoms with van der Waals surface area (Å²) in [6.45, 7) is 4.67. The number of halogens is 6. The molecule has 2 aliphatic rings. The Hall–Kier alpha value is -4.36. The summed E-state index contributed by atoms with van der Waals surface area (Å²) in [5.41, 5.74) is -2.42. The van der Waals surface area contributed by atoms with E-state index in [2.05, 4.69) is 4.98 Å². The number of carbonyl (C=O) groups is 2. The Morgan fingerprint density at radius 2 is 1.51 bits per heavy atom. The fourth-order valence-corrected chi connectivity index (χ4v) is 5.09. The van der Waals surface area contributed by atoms with Gasteiger partial charge in [-0.25, -0.2) is 4.98 Å². The van der Waals surface area contributed by atoms with Crippen LogP contribution in [0.4, 0.5) is 38.0 Å². The van der Waals surface area contributed by atoms with Gasteiger partial charge in [0.2, 0.25) is 17.7 Å². The quantitative estimate of drug-likeness (QED) is 0.362. The van der Waals surface area contributed by atoms with E-state index in [0.717, 1.165) is 10.5 Å². The Morgan fingerprint density at radius 1 is 0.884 bits per heavy atom. The summed E-state index contributed by atoms with van der Waals surface area (Å²) in [5.74, 6) is -0.876. The Kier molecular flexibility index (Phi) is 7.97. The van der Waals surface area contributed by atoms with Crippen molar-refractivity contribution in [3.05, 3.63) is 64.7 Å². The molecule has 228 valence electrons. The van der Waals surface area contributed by atoms with Crippen molar-refractivity contribution in [2.45, 2.75) is 32.6 Å². The zero-order valence-corrected chi connectivity index (χ0v) is 23.2. The van der Waals surface area contributed by atoms with Crippen LogP contribution in [0.25, 0.3) is 11.3 Å². The van der Waals surface area contributed by atoms with E-state index in [9.17, 15) is 35.9 Å². The van der Waals surface area contributed by atoms with Gasteiger partial charge >= 0.3 is 12.4 Å². The molecule has 0 saturated carbocycles. The summed E-state index contributed by atoms with van der Waals surface area (Å²) in [4.78, 5) is 39.6. The molecule has 14 heteroatoms. The van der Waals surface area contributed by atoms with Crippen LogP contribution in [-0.4, -0.2) is 66.0 Å². The molecule has 1 fully saturated rings. The van der Waals surface area contributed by atoms with Crippen molar-refractivity contribution in [3.8, 4) is 17.1 Å². The molecule has 2 amide bonds. The van der Waals surface area contributed by atoms with Gasteiger partial charge in [-0.05, 0) is 37.1 Å². The van der Waals surface area contributed by atoms with E-state index in [4.69, 9.17) is 9.72 Å². The van der Waals surface area contributed by atoms with Gasteiger partial charge in [-0.1, -0.05) is 24.3 Å². The number of alkyl halides is 6. The number of anilines is 2. The molecule has 43 heavy (non-hydrogen) atoms. The van der Waals surface area contributed by atoms with Crippen LogP contribution in [0.5, 0.6) is 5.88 Å². The summed E-state index contributed by atoms with van der Waals surface area (Å²) < 4.78 is 87.9. The molecule has 0 atom stereocenters. The molecule has 0 radical (unpaired) electrons. The van der Waals surface area contributed by atoms with E-state index in [-0.39, 0.29) is 54.6 Å². The van der Waals surface area contributed by atoms with E-state index >= 15 is 0 Å². The van der Waals surface area contributed by atoms with Crippen molar-refractivity contribution in [2.75, 3.05) is 49.1 Å². The van der Waals surface area contributed by atoms with Crippen molar-refractivity contribution >= 4 is 23.5 Å². The first-order valence-electron chi connectivity index (χ1n) is 13.5. The molecule has 2 aliphatic heterocycles. The number of rotatable bonds is 3. The first-order chi connectivity index (χ1) is 20.2. The van der Waals surface area contributed by atoms with Crippen LogP contribution in [0.3, 0.4) is 0 Å². The summed E-state index contributed by atoms with van der Waals surface area (Å²) in [6, 6.07) is 8.07. The maximum atomic E-state index is 14.2. The van der Waals surface area contributed by atoms with Crippen molar-refractivity contribution in [2.24, 2.45) is 0 Å². The lowest BCUT2D eigenvalue weighted by Crippen LogP contribution is -2.48. The van der Waals surface area contributed by atoms with Crippen LogP contribution in [0.2, 0.25) is 0 Å². The highest BCUT2D eigenvalue weighted by atomic mass is 19.4. The minimum absolute atomic E-state index is 0.0103. The molecule has 8 nitrogen and oxygen atoms in total. The summed E-state index contributed by atoms with van der Waals surface area (Å²) in [6.07, 6.45) is -10.1. The Labute approximate surface area is 242 Å². The van der Waals surface area contributed by atoms with E-state index in [1.165, 1.54) is 6.92 Å². The second-order valence-corrected chi connectivity index (χ2v) is 10.3. The summed E-state index contributed by atoms with van der Waals surface area (Å²) in [5, 5.41) is 0. The lowest BCUT2D eigenvalue weighted by molar-refractivity contribution is -0.143. The number of piperazine rings is 1. The summed E-state index contributed by atoms with van der Waals surface area (Å²) in [7, 11) is 0. The maximum Gasteiger partial charge on any atom is 0.416 e. The van der Waals surface area contributed by atoms with Gasteiger partial charge in [0.1, 0.15) is 5.56 Å². The first-order valence-corrected chi connectivity index (χ1v) is 13.5. The van der Waals surface area contributed by atoms with Crippen molar-refractivity contribution in [3.63, 3.8) is 0 Å². The molecule has 0 bridgehead atoms. The number of hydrogen-bond acceptors (Lipinski definition) is 6. The van der Waals surface area contributed by atoms with E-state index in [1.54, 1.807) is 36.1 Å². The molecule has 5 rings (SSSR count). The molecule has 0 unspecified atom stereocenters. The molecule has 2 aromatic carbocycles. The molecular formula is C29H27F6N5O3. The van der Waals surface area contributed by atoms with Gasteiger partial charge in [0, 0.05) is 50.9 Å². The molecular weight excluding hydrogens is 580 g/mol. The van der Waals surface area contributed by atoms with Crippen LogP contribution in [0.15, 0.2) is 42.5 Å². The Balaban J connectivity index is 1.66. The number of fused-ring (bicyclic) bond motifs is 1. The fraction of sp³-hybridized carbons (Fsp3) is 0.379. The van der Waals surface area contributed by atoms with E-state index in [1.807, 2.05) is 4.90 Å².